The van der Waals surface area contributed by atoms with Gasteiger partial charge in [0, 0.05) is 23.3 Å². The molecule has 57 heavy (non-hydrogen) atoms. The molecule has 2 aliphatic carbocycles. The van der Waals surface area contributed by atoms with Crippen LogP contribution < -0.4 is 0 Å². The summed E-state index contributed by atoms with van der Waals surface area (Å²) in [5.41, 5.74) is 17.4. The van der Waals surface area contributed by atoms with Crippen LogP contribution in [-0.4, -0.2) is 20.3 Å². The van der Waals surface area contributed by atoms with Crippen LogP contribution in [-0.2, 0) is 15.6 Å². The standard InChI is InChI=1S/C54H66O2Si/c1-37-35-41(53(5,6)7)30-31-42(37)46-36-39-21-14-15-22-43(39)50(46)57(11,34-19-13-12-18-33-56-54(8,9)10)51-45-24-17-16-23-44(45)49(47-25-20-32-55-47)48(51)38-26-28-40(29-27-38)52(2,3)4/h14-17,20-32,35-36,50-51H,12-13,18-19,33-34H2,1-11H3. The zero-order valence-electron chi connectivity index (χ0n) is 36.7. The first-order valence-electron chi connectivity index (χ1n) is 21.5. The second-order valence-electron chi connectivity index (χ2n) is 20.2. The molecular weight excluding hydrogens is 709 g/mol. The Labute approximate surface area is 345 Å². The number of allylic oxidation sites excluding steroid dienone is 2. The number of unbranched alkanes of at least 4 members (excludes halogenated alkanes) is 3. The van der Waals surface area contributed by atoms with Gasteiger partial charge >= 0.3 is 0 Å². The second kappa shape index (κ2) is 15.9. The van der Waals surface area contributed by atoms with Crippen molar-refractivity contribution in [3.05, 3.63) is 165 Å². The molecule has 5 aromatic rings. The van der Waals surface area contributed by atoms with Crippen molar-refractivity contribution in [3.63, 3.8) is 0 Å². The van der Waals surface area contributed by atoms with E-state index in [0.717, 1.165) is 18.8 Å². The van der Waals surface area contributed by atoms with Gasteiger partial charge in [-0.1, -0.05) is 170 Å². The molecule has 0 bridgehead atoms. The number of hydrogen-bond acceptors (Lipinski definition) is 2. The highest BCUT2D eigenvalue weighted by atomic mass is 28.3. The van der Waals surface area contributed by atoms with E-state index in [1.807, 2.05) is 6.26 Å². The Morgan fingerprint density at radius 3 is 1.93 bits per heavy atom. The highest BCUT2D eigenvalue weighted by Gasteiger charge is 2.53. The maximum Gasteiger partial charge on any atom is 0.134 e. The van der Waals surface area contributed by atoms with Crippen LogP contribution in [0.5, 0.6) is 0 Å². The molecule has 0 radical (unpaired) electrons. The summed E-state index contributed by atoms with van der Waals surface area (Å²) in [5, 5.41) is 0. The SMILES string of the molecule is Cc1cc(C(C)(C)C)ccc1C1=Cc2ccccc2C1[Si](C)(CCCCCCOC(C)(C)C)C1C(c2ccc(C(C)(C)C)cc2)=C(c2ccco2)c2ccccc21. The number of fused-ring (bicyclic) bond motifs is 2. The van der Waals surface area contributed by atoms with Gasteiger partial charge in [0.05, 0.1) is 19.9 Å². The zero-order chi connectivity index (χ0) is 40.8. The van der Waals surface area contributed by atoms with Crippen LogP contribution in [0.1, 0.15) is 155 Å². The maximum atomic E-state index is 6.39. The van der Waals surface area contributed by atoms with Crippen LogP contribution in [0.15, 0.2) is 114 Å². The van der Waals surface area contributed by atoms with Crippen LogP contribution in [0.4, 0.5) is 0 Å². The van der Waals surface area contributed by atoms with Gasteiger partial charge < -0.3 is 9.15 Å². The summed E-state index contributed by atoms with van der Waals surface area (Å²) in [5.74, 6) is 0.964. The van der Waals surface area contributed by atoms with Crippen LogP contribution in [0.2, 0.25) is 12.6 Å². The monoisotopic (exact) mass is 774 g/mol. The van der Waals surface area contributed by atoms with Gasteiger partial charge in [-0.15, -0.1) is 0 Å². The molecule has 0 amide bonds. The average Bonchev–Trinajstić information content (AvgIpc) is 3.90. The molecule has 3 atom stereocenters. The van der Waals surface area contributed by atoms with Gasteiger partial charge in [-0.05, 0) is 118 Å². The lowest BCUT2D eigenvalue weighted by molar-refractivity contribution is -0.00471. The molecular formula is C54H66O2Si. The summed E-state index contributed by atoms with van der Waals surface area (Å²) in [6.45, 7) is 26.3. The fourth-order valence-corrected chi connectivity index (χ4v) is 15.5. The number of furan rings is 1. The van der Waals surface area contributed by atoms with E-state index in [9.17, 15) is 0 Å². The minimum Gasteiger partial charge on any atom is -0.464 e. The molecule has 1 aromatic heterocycles. The molecule has 0 N–H and O–H groups in total. The van der Waals surface area contributed by atoms with E-state index in [0.29, 0.717) is 5.54 Å². The lowest BCUT2D eigenvalue weighted by Gasteiger charge is -2.43. The minimum absolute atomic E-state index is 0.0730. The molecule has 0 fully saturated rings. The summed E-state index contributed by atoms with van der Waals surface area (Å²) < 4.78 is 12.5. The van der Waals surface area contributed by atoms with Crippen molar-refractivity contribution in [3.8, 4) is 0 Å². The Kier molecular flexibility index (Phi) is 11.4. The molecule has 3 unspecified atom stereocenters. The quantitative estimate of drug-likeness (QED) is 0.0930. The third-order valence-electron chi connectivity index (χ3n) is 12.7. The van der Waals surface area contributed by atoms with E-state index >= 15 is 0 Å². The second-order valence-corrected chi connectivity index (χ2v) is 24.9. The van der Waals surface area contributed by atoms with Gasteiger partial charge in [0.25, 0.3) is 0 Å². The number of hydrogen-bond donors (Lipinski definition) is 0. The predicted molar refractivity (Wildman–Crippen MR) is 246 cm³/mol. The number of ether oxygens (including phenoxy) is 1. The van der Waals surface area contributed by atoms with Gasteiger partial charge in [-0.25, -0.2) is 0 Å². The highest BCUT2D eigenvalue weighted by Crippen LogP contribution is 2.61. The topological polar surface area (TPSA) is 22.4 Å². The zero-order valence-corrected chi connectivity index (χ0v) is 37.7. The van der Waals surface area contributed by atoms with Crippen molar-refractivity contribution in [1.82, 2.24) is 0 Å². The number of benzene rings is 4. The van der Waals surface area contributed by atoms with E-state index in [1.54, 1.807) is 0 Å². The van der Waals surface area contributed by atoms with Crippen LogP contribution >= 0.6 is 0 Å². The van der Waals surface area contributed by atoms with Crippen molar-refractivity contribution in [1.29, 1.82) is 0 Å². The van der Waals surface area contributed by atoms with Crippen LogP contribution in [0.3, 0.4) is 0 Å². The fraction of sp³-hybridized carbons (Fsp3) is 0.407. The number of aryl methyl sites for hydroxylation is 1. The lowest BCUT2D eigenvalue weighted by Crippen LogP contribution is -2.45. The van der Waals surface area contributed by atoms with E-state index in [2.05, 4.69) is 185 Å². The molecule has 2 nitrogen and oxygen atoms in total. The Bertz CT molecular complexity index is 2250. The Balaban J connectivity index is 1.42. The summed E-state index contributed by atoms with van der Waals surface area (Å²) in [6, 6.07) is 40.9. The van der Waals surface area contributed by atoms with E-state index in [1.165, 1.54) is 92.1 Å². The van der Waals surface area contributed by atoms with E-state index in [4.69, 9.17) is 9.15 Å². The third kappa shape index (κ3) is 8.39. The Hall–Kier alpha value is -4.18. The molecule has 298 valence electrons. The first-order chi connectivity index (χ1) is 27.0. The van der Waals surface area contributed by atoms with Crippen molar-refractivity contribution in [2.45, 2.75) is 135 Å². The highest BCUT2D eigenvalue weighted by molar-refractivity contribution is 6.85. The average molecular weight is 775 g/mol. The molecule has 0 aliphatic heterocycles. The first-order valence-corrected chi connectivity index (χ1v) is 24.4. The minimum atomic E-state index is -2.45. The van der Waals surface area contributed by atoms with Gasteiger partial charge in [-0.3, -0.25) is 0 Å². The summed E-state index contributed by atoms with van der Waals surface area (Å²) >= 11 is 0. The summed E-state index contributed by atoms with van der Waals surface area (Å²) in [4.78, 5) is 0. The fourth-order valence-electron chi connectivity index (χ4n) is 9.77. The van der Waals surface area contributed by atoms with E-state index < -0.39 is 8.07 Å². The third-order valence-corrected chi connectivity index (χ3v) is 18.0. The van der Waals surface area contributed by atoms with Crippen molar-refractivity contribution < 1.29 is 9.15 Å². The van der Waals surface area contributed by atoms with Gasteiger partial charge in [-0.2, -0.15) is 0 Å². The molecule has 0 saturated carbocycles. The molecule has 0 spiro atoms. The number of rotatable bonds is 12. The lowest BCUT2D eigenvalue weighted by atomic mass is 9.84. The molecule has 0 saturated heterocycles. The maximum absolute atomic E-state index is 6.39. The molecule has 4 aromatic carbocycles. The summed E-state index contributed by atoms with van der Waals surface area (Å²) in [6.07, 6.45) is 9.11. The Morgan fingerprint density at radius 1 is 0.632 bits per heavy atom. The molecule has 3 heteroatoms. The smallest absolute Gasteiger partial charge is 0.134 e. The van der Waals surface area contributed by atoms with Crippen LogP contribution in [0.25, 0.3) is 22.8 Å². The normalized spacial score (nSPS) is 18.1. The summed E-state index contributed by atoms with van der Waals surface area (Å²) in [7, 11) is -2.45. The largest absolute Gasteiger partial charge is 0.464 e. The van der Waals surface area contributed by atoms with Crippen molar-refractivity contribution >= 4 is 30.9 Å². The molecule has 2 aliphatic rings. The molecule has 1 heterocycles. The first kappa shape index (κ1) is 41.0. The van der Waals surface area contributed by atoms with Gasteiger partial charge in [0.15, 0.2) is 0 Å². The predicted octanol–water partition coefficient (Wildman–Crippen LogP) is 15.1. The van der Waals surface area contributed by atoms with E-state index in [-0.39, 0.29) is 22.0 Å². The van der Waals surface area contributed by atoms with Gasteiger partial charge in [0.1, 0.15) is 5.76 Å². The Morgan fingerprint density at radius 2 is 1.28 bits per heavy atom. The van der Waals surface area contributed by atoms with Crippen molar-refractivity contribution in [2.24, 2.45) is 0 Å². The van der Waals surface area contributed by atoms with Crippen LogP contribution in [0, 0.1) is 6.92 Å². The van der Waals surface area contributed by atoms with Crippen molar-refractivity contribution in [2.75, 3.05) is 6.61 Å². The van der Waals surface area contributed by atoms with Gasteiger partial charge in [0.2, 0.25) is 0 Å². The molecule has 7 rings (SSSR count).